The van der Waals surface area contributed by atoms with E-state index in [-0.39, 0.29) is 42.5 Å². The van der Waals surface area contributed by atoms with Crippen LogP contribution >= 0.6 is 24.0 Å². The SMILES string of the molecule is CN=C(NCC(=O)NCCc1ccccc1)NC(C)c1cccc(N2CCCC2)c1.I. The van der Waals surface area contributed by atoms with E-state index in [1.54, 1.807) is 7.05 Å². The first kappa shape index (κ1) is 25.0. The molecule has 31 heavy (non-hydrogen) atoms. The Kier molecular flexibility index (Phi) is 10.6. The summed E-state index contributed by atoms with van der Waals surface area (Å²) >= 11 is 0. The molecule has 1 aliphatic rings. The third-order valence-electron chi connectivity index (χ3n) is 5.41. The van der Waals surface area contributed by atoms with Crippen molar-refractivity contribution in [3.05, 3.63) is 65.7 Å². The van der Waals surface area contributed by atoms with E-state index in [0.717, 1.165) is 19.5 Å². The lowest BCUT2D eigenvalue weighted by Gasteiger charge is -2.22. The first-order valence-electron chi connectivity index (χ1n) is 10.8. The van der Waals surface area contributed by atoms with Gasteiger partial charge in [-0.15, -0.1) is 24.0 Å². The van der Waals surface area contributed by atoms with Crippen LogP contribution in [-0.2, 0) is 11.2 Å². The van der Waals surface area contributed by atoms with E-state index >= 15 is 0 Å². The van der Waals surface area contributed by atoms with Crippen LogP contribution in [0, 0.1) is 0 Å². The Hall–Kier alpha value is -2.29. The first-order valence-corrected chi connectivity index (χ1v) is 10.8. The molecule has 2 aromatic carbocycles. The average molecular weight is 535 g/mol. The van der Waals surface area contributed by atoms with Crippen molar-refractivity contribution in [3.8, 4) is 0 Å². The molecule has 0 saturated carbocycles. The fraction of sp³-hybridized carbons (Fsp3) is 0.417. The van der Waals surface area contributed by atoms with Gasteiger partial charge in [0, 0.05) is 32.4 Å². The van der Waals surface area contributed by atoms with Gasteiger partial charge in [-0.2, -0.15) is 0 Å². The van der Waals surface area contributed by atoms with E-state index in [0.29, 0.717) is 12.5 Å². The second-order valence-electron chi connectivity index (χ2n) is 7.67. The number of amides is 1. The molecule has 6 nitrogen and oxygen atoms in total. The molecule has 0 bridgehead atoms. The molecule has 168 valence electrons. The molecule has 1 aliphatic heterocycles. The summed E-state index contributed by atoms with van der Waals surface area (Å²) in [5.41, 5.74) is 3.70. The Balaban J connectivity index is 0.00000341. The highest BCUT2D eigenvalue weighted by Crippen LogP contribution is 2.23. The van der Waals surface area contributed by atoms with Gasteiger partial charge in [0.15, 0.2) is 5.96 Å². The highest BCUT2D eigenvalue weighted by Gasteiger charge is 2.14. The standard InChI is InChI=1S/C24H33N5O.HI/c1-19(21-11-8-12-22(17-21)29-15-6-7-16-29)28-24(25-2)27-18-23(30)26-14-13-20-9-4-3-5-10-20;/h3-5,8-12,17,19H,6-7,13-16,18H2,1-2H3,(H,26,30)(H2,25,27,28);1H. The molecule has 1 heterocycles. The maximum Gasteiger partial charge on any atom is 0.239 e. The molecule has 0 aromatic heterocycles. The van der Waals surface area contributed by atoms with Crippen LogP contribution in [0.4, 0.5) is 5.69 Å². The molecule has 1 saturated heterocycles. The Labute approximate surface area is 202 Å². The van der Waals surface area contributed by atoms with Crippen LogP contribution < -0.4 is 20.9 Å². The molecule has 7 heteroatoms. The molecular weight excluding hydrogens is 501 g/mol. The zero-order valence-electron chi connectivity index (χ0n) is 18.4. The minimum Gasteiger partial charge on any atom is -0.372 e. The maximum atomic E-state index is 12.1. The number of guanidine groups is 1. The number of anilines is 1. The smallest absolute Gasteiger partial charge is 0.239 e. The topological polar surface area (TPSA) is 68.8 Å². The Bertz CT molecular complexity index is 837. The number of carbonyl (C=O) groups excluding carboxylic acids is 1. The Morgan fingerprint density at radius 3 is 2.52 bits per heavy atom. The molecule has 1 unspecified atom stereocenters. The molecule has 1 fully saturated rings. The molecule has 1 atom stereocenters. The molecule has 0 aliphatic carbocycles. The van der Waals surface area contributed by atoms with Gasteiger partial charge in [-0.3, -0.25) is 9.79 Å². The third kappa shape index (κ3) is 8.05. The van der Waals surface area contributed by atoms with Gasteiger partial charge in [0.2, 0.25) is 5.91 Å². The second-order valence-corrected chi connectivity index (χ2v) is 7.67. The molecule has 2 aromatic rings. The summed E-state index contributed by atoms with van der Waals surface area (Å²) in [6, 6.07) is 18.9. The fourth-order valence-corrected chi connectivity index (χ4v) is 3.67. The van der Waals surface area contributed by atoms with Crippen LogP contribution in [0.5, 0.6) is 0 Å². The number of nitrogens with one attached hydrogen (secondary N) is 3. The van der Waals surface area contributed by atoms with Gasteiger partial charge in [0.25, 0.3) is 0 Å². The van der Waals surface area contributed by atoms with E-state index in [1.165, 1.54) is 29.7 Å². The lowest BCUT2D eigenvalue weighted by Crippen LogP contribution is -2.44. The van der Waals surface area contributed by atoms with Crippen molar-refractivity contribution in [3.63, 3.8) is 0 Å². The molecule has 3 rings (SSSR count). The third-order valence-corrected chi connectivity index (χ3v) is 5.41. The number of rotatable bonds is 8. The lowest BCUT2D eigenvalue weighted by atomic mass is 10.1. The van der Waals surface area contributed by atoms with Crippen LogP contribution in [0.2, 0.25) is 0 Å². The molecule has 1 amide bonds. The fourth-order valence-electron chi connectivity index (χ4n) is 3.67. The van der Waals surface area contributed by atoms with Crippen LogP contribution in [0.25, 0.3) is 0 Å². The van der Waals surface area contributed by atoms with Gasteiger partial charge in [-0.05, 0) is 49.4 Å². The van der Waals surface area contributed by atoms with E-state index < -0.39 is 0 Å². The van der Waals surface area contributed by atoms with Crippen molar-refractivity contribution in [2.45, 2.75) is 32.2 Å². The number of aliphatic imine (C=N–C) groups is 1. The summed E-state index contributed by atoms with van der Waals surface area (Å²) in [6.07, 6.45) is 3.36. The number of hydrogen-bond donors (Lipinski definition) is 3. The van der Waals surface area contributed by atoms with Gasteiger partial charge in [-0.25, -0.2) is 0 Å². The van der Waals surface area contributed by atoms with Crippen molar-refractivity contribution >= 4 is 41.5 Å². The molecule has 0 spiro atoms. The highest BCUT2D eigenvalue weighted by molar-refractivity contribution is 14.0. The van der Waals surface area contributed by atoms with Gasteiger partial charge < -0.3 is 20.9 Å². The van der Waals surface area contributed by atoms with Crippen molar-refractivity contribution in [1.82, 2.24) is 16.0 Å². The monoisotopic (exact) mass is 535 g/mol. The summed E-state index contributed by atoms with van der Waals surface area (Å²) in [4.78, 5) is 18.8. The summed E-state index contributed by atoms with van der Waals surface area (Å²) in [5.74, 6) is 0.574. The first-order chi connectivity index (χ1) is 14.7. The lowest BCUT2D eigenvalue weighted by molar-refractivity contribution is -0.119. The quantitative estimate of drug-likeness (QED) is 0.275. The second kappa shape index (κ2) is 13.2. The van der Waals surface area contributed by atoms with Gasteiger partial charge in [-0.1, -0.05) is 42.5 Å². The Morgan fingerprint density at radius 2 is 1.81 bits per heavy atom. The summed E-state index contributed by atoms with van der Waals surface area (Å²) in [7, 11) is 1.72. The number of nitrogens with zero attached hydrogens (tertiary/aromatic N) is 2. The van der Waals surface area contributed by atoms with E-state index in [9.17, 15) is 4.79 Å². The Morgan fingerprint density at radius 1 is 1.06 bits per heavy atom. The van der Waals surface area contributed by atoms with E-state index in [2.05, 4.69) is 69.2 Å². The average Bonchev–Trinajstić information content (AvgIpc) is 3.32. The number of carbonyl (C=O) groups is 1. The van der Waals surface area contributed by atoms with Crippen molar-refractivity contribution in [2.24, 2.45) is 4.99 Å². The number of benzene rings is 2. The zero-order valence-corrected chi connectivity index (χ0v) is 20.8. The highest BCUT2D eigenvalue weighted by atomic mass is 127. The number of hydrogen-bond acceptors (Lipinski definition) is 3. The van der Waals surface area contributed by atoms with E-state index in [1.807, 2.05) is 18.2 Å². The van der Waals surface area contributed by atoms with Crippen LogP contribution in [-0.4, -0.2) is 45.1 Å². The van der Waals surface area contributed by atoms with E-state index in [4.69, 9.17) is 0 Å². The van der Waals surface area contributed by atoms with Gasteiger partial charge in [0.05, 0.1) is 12.6 Å². The normalized spacial score (nSPS) is 14.5. The minimum absolute atomic E-state index is 0. The summed E-state index contributed by atoms with van der Waals surface area (Å²) < 4.78 is 0. The number of halogens is 1. The van der Waals surface area contributed by atoms with Crippen molar-refractivity contribution in [2.75, 3.05) is 38.1 Å². The van der Waals surface area contributed by atoms with Gasteiger partial charge >= 0.3 is 0 Å². The van der Waals surface area contributed by atoms with Crippen LogP contribution in [0.3, 0.4) is 0 Å². The summed E-state index contributed by atoms with van der Waals surface area (Å²) in [5, 5.41) is 9.43. The molecular formula is C24H34IN5O. The molecule has 0 radical (unpaired) electrons. The predicted molar refractivity (Wildman–Crippen MR) is 139 cm³/mol. The van der Waals surface area contributed by atoms with Crippen molar-refractivity contribution in [1.29, 1.82) is 0 Å². The minimum atomic E-state index is -0.0439. The zero-order chi connectivity index (χ0) is 21.2. The summed E-state index contributed by atoms with van der Waals surface area (Å²) in [6.45, 7) is 5.18. The maximum absolute atomic E-state index is 12.1. The van der Waals surface area contributed by atoms with Crippen LogP contribution in [0.15, 0.2) is 59.6 Å². The predicted octanol–water partition coefficient (Wildman–Crippen LogP) is 3.49. The largest absolute Gasteiger partial charge is 0.372 e. The van der Waals surface area contributed by atoms with Gasteiger partial charge in [0.1, 0.15) is 0 Å². The van der Waals surface area contributed by atoms with Crippen molar-refractivity contribution < 1.29 is 4.79 Å². The molecule has 3 N–H and O–H groups in total. The van der Waals surface area contributed by atoms with Crippen LogP contribution in [0.1, 0.15) is 36.9 Å².